The van der Waals surface area contributed by atoms with Crippen LogP contribution in [0.5, 0.6) is 5.75 Å². The SMILES string of the molecule is COc1cccc(-c2cnc3sc(N4CCC(C)(N)CC4)nn23)c1F. The molecule has 1 saturated heterocycles. The standard InChI is InChI=1S/C17H20FN5OS/c1-17(19)6-8-22(9-7-17)16-21-23-12(10-20-15(23)25-16)11-4-3-5-13(24-2)14(11)18/h3-5,10H,6-9,19H2,1-2H3. The first kappa shape index (κ1) is 16.3. The number of nitrogens with zero attached hydrogens (tertiary/aromatic N) is 4. The van der Waals surface area contributed by atoms with Crippen molar-refractivity contribution in [3.8, 4) is 17.0 Å². The molecule has 0 unspecified atom stereocenters. The van der Waals surface area contributed by atoms with E-state index in [1.54, 1.807) is 28.9 Å². The van der Waals surface area contributed by atoms with E-state index in [0.29, 0.717) is 11.3 Å². The van der Waals surface area contributed by atoms with Crippen LogP contribution in [0.1, 0.15) is 19.8 Å². The number of imidazole rings is 1. The molecule has 0 bridgehead atoms. The number of fused-ring (bicyclic) bond motifs is 1. The van der Waals surface area contributed by atoms with E-state index < -0.39 is 5.82 Å². The minimum Gasteiger partial charge on any atom is -0.494 e. The van der Waals surface area contributed by atoms with Gasteiger partial charge in [0.1, 0.15) is 0 Å². The summed E-state index contributed by atoms with van der Waals surface area (Å²) in [6.07, 6.45) is 3.49. The summed E-state index contributed by atoms with van der Waals surface area (Å²) < 4.78 is 21.4. The Balaban J connectivity index is 1.70. The van der Waals surface area contributed by atoms with Gasteiger partial charge in [0.25, 0.3) is 0 Å². The Kier molecular flexibility index (Phi) is 3.88. The summed E-state index contributed by atoms with van der Waals surface area (Å²) in [5.41, 5.74) is 7.14. The molecule has 1 aromatic carbocycles. The maximum Gasteiger partial charge on any atom is 0.214 e. The molecule has 0 amide bonds. The molecular formula is C17H20FN5OS. The summed E-state index contributed by atoms with van der Waals surface area (Å²) in [5.74, 6) is -0.195. The van der Waals surface area contributed by atoms with E-state index in [2.05, 4.69) is 21.9 Å². The van der Waals surface area contributed by atoms with E-state index in [-0.39, 0.29) is 11.3 Å². The lowest BCUT2D eigenvalue weighted by Crippen LogP contribution is -2.48. The number of piperidine rings is 1. The van der Waals surface area contributed by atoms with Gasteiger partial charge in [0, 0.05) is 24.2 Å². The van der Waals surface area contributed by atoms with E-state index in [1.165, 1.54) is 18.4 Å². The Morgan fingerprint density at radius 2 is 2.08 bits per heavy atom. The molecule has 4 rings (SSSR count). The lowest BCUT2D eigenvalue weighted by Gasteiger charge is -2.36. The first-order valence-electron chi connectivity index (χ1n) is 8.20. The Morgan fingerprint density at radius 3 is 2.80 bits per heavy atom. The van der Waals surface area contributed by atoms with Gasteiger partial charge in [0.05, 0.1) is 19.0 Å². The second kappa shape index (κ2) is 5.96. The van der Waals surface area contributed by atoms with Gasteiger partial charge in [-0.2, -0.15) is 0 Å². The first-order valence-corrected chi connectivity index (χ1v) is 9.01. The average molecular weight is 361 g/mol. The molecule has 1 aliphatic heterocycles. The zero-order valence-corrected chi connectivity index (χ0v) is 15.0. The minimum absolute atomic E-state index is 0.108. The van der Waals surface area contributed by atoms with Crippen LogP contribution in [-0.4, -0.2) is 40.3 Å². The van der Waals surface area contributed by atoms with Crippen molar-refractivity contribution in [1.82, 2.24) is 14.6 Å². The first-order chi connectivity index (χ1) is 12.0. The van der Waals surface area contributed by atoms with Crippen LogP contribution in [-0.2, 0) is 0 Å². The second-order valence-corrected chi connectivity index (χ2v) is 7.62. The highest BCUT2D eigenvalue weighted by atomic mass is 32.1. The van der Waals surface area contributed by atoms with Crippen LogP contribution in [0, 0.1) is 5.82 Å². The van der Waals surface area contributed by atoms with Gasteiger partial charge >= 0.3 is 0 Å². The van der Waals surface area contributed by atoms with Crippen LogP contribution in [0.4, 0.5) is 9.52 Å². The smallest absolute Gasteiger partial charge is 0.214 e. The maximum atomic E-state index is 14.6. The number of methoxy groups -OCH3 is 1. The number of hydrogen-bond acceptors (Lipinski definition) is 6. The summed E-state index contributed by atoms with van der Waals surface area (Å²) in [6, 6.07) is 5.07. The van der Waals surface area contributed by atoms with Crippen molar-refractivity contribution in [1.29, 1.82) is 0 Å². The summed E-state index contributed by atoms with van der Waals surface area (Å²) in [6.45, 7) is 3.82. The van der Waals surface area contributed by atoms with E-state index in [9.17, 15) is 4.39 Å². The molecule has 8 heteroatoms. The third kappa shape index (κ3) is 2.85. The molecule has 0 aliphatic carbocycles. The molecule has 0 radical (unpaired) electrons. The van der Waals surface area contributed by atoms with Crippen LogP contribution < -0.4 is 15.4 Å². The second-order valence-electron chi connectivity index (χ2n) is 6.69. The van der Waals surface area contributed by atoms with E-state index in [1.807, 2.05) is 0 Å². The largest absolute Gasteiger partial charge is 0.494 e. The zero-order chi connectivity index (χ0) is 17.6. The number of rotatable bonds is 3. The minimum atomic E-state index is -0.404. The fraction of sp³-hybridized carbons (Fsp3) is 0.412. The molecule has 1 fully saturated rings. The van der Waals surface area contributed by atoms with Crippen molar-refractivity contribution in [2.24, 2.45) is 5.73 Å². The summed E-state index contributed by atoms with van der Waals surface area (Å²) >= 11 is 1.51. The molecule has 2 N–H and O–H groups in total. The summed E-state index contributed by atoms with van der Waals surface area (Å²) in [4.78, 5) is 7.36. The van der Waals surface area contributed by atoms with Crippen LogP contribution in [0.3, 0.4) is 0 Å². The molecule has 2 aromatic heterocycles. The Hall–Kier alpha value is -2.19. The highest BCUT2D eigenvalue weighted by molar-refractivity contribution is 7.20. The lowest BCUT2D eigenvalue weighted by atomic mass is 9.91. The van der Waals surface area contributed by atoms with Gasteiger partial charge < -0.3 is 15.4 Å². The molecule has 25 heavy (non-hydrogen) atoms. The summed E-state index contributed by atoms with van der Waals surface area (Å²) in [7, 11) is 1.46. The molecule has 0 saturated carbocycles. The third-order valence-electron chi connectivity index (χ3n) is 4.71. The number of ether oxygens (including phenoxy) is 1. The highest BCUT2D eigenvalue weighted by Crippen LogP contribution is 2.33. The van der Waals surface area contributed by atoms with Gasteiger partial charge in [0.15, 0.2) is 11.6 Å². The van der Waals surface area contributed by atoms with Gasteiger partial charge in [0.2, 0.25) is 10.1 Å². The van der Waals surface area contributed by atoms with Gasteiger partial charge in [-0.25, -0.2) is 13.9 Å². The third-order valence-corrected chi connectivity index (χ3v) is 5.69. The fourth-order valence-corrected chi connectivity index (χ4v) is 4.00. The molecule has 132 valence electrons. The van der Waals surface area contributed by atoms with Crippen molar-refractivity contribution in [2.45, 2.75) is 25.3 Å². The molecule has 0 atom stereocenters. The molecular weight excluding hydrogens is 341 g/mol. The topological polar surface area (TPSA) is 68.7 Å². The Bertz CT molecular complexity index is 909. The fourth-order valence-electron chi connectivity index (χ4n) is 3.07. The van der Waals surface area contributed by atoms with Gasteiger partial charge in [-0.05, 0) is 31.9 Å². The zero-order valence-electron chi connectivity index (χ0n) is 14.2. The van der Waals surface area contributed by atoms with E-state index in [0.717, 1.165) is 36.0 Å². The van der Waals surface area contributed by atoms with Crippen LogP contribution >= 0.6 is 11.3 Å². The van der Waals surface area contributed by atoms with Gasteiger partial charge in [-0.1, -0.05) is 17.4 Å². The monoisotopic (exact) mass is 361 g/mol. The van der Waals surface area contributed by atoms with Crippen molar-refractivity contribution >= 4 is 21.4 Å². The van der Waals surface area contributed by atoms with Crippen LogP contribution in [0.25, 0.3) is 16.2 Å². The quantitative estimate of drug-likeness (QED) is 0.777. The number of benzene rings is 1. The maximum absolute atomic E-state index is 14.6. The normalized spacial score (nSPS) is 17.2. The van der Waals surface area contributed by atoms with Crippen LogP contribution in [0.15, 0.2) is 24.4 Å². The molecule has 1 aliphatic rings. The number of nitrogens with two attached hydrogens (primary N) is 1. The molecule has 6 nitrogen and oxygen atoms in total. The van der Waals surface area contributed by atoms with Crippen LogP contribution in [0.2, 0.25) is 0 Å². The predicted molar refractivity (Wildman–Crippen MR) is 96.8 cm³/mol. The number of anilines is 1. The van der Waals surface area contributed by atoms with Gasteiger partial charge in [-0.3, -0.25) is 0 Å². The number of halogens is 1. The summed E-state index contributed by atoms with van der Waals surface area (Å²) in [5, 5.41) is 5.56. The average Bonchev–Trinajstić information content (AvgIpc) is 3.16. The van der Waals surface area contributed by atoms with E-state index in [4.69, 9.17) is 10.5 Å². The highest BCUT2D eigenvalue weighted by Gasteiger charge is 2.28. The predicted octanol–water partition coefficient (Wildman–Crippen LogP) is 2.92. The molecule has 0 spiro atoms. The Labute approximate surface area is 149 Å². The van der Waals surface area contributed by atoms with Crippen molar-refractivity contribution in [3.63, 3.8) is 0 Å². The number of hydrogen-bond donors (Lipinski definition) is 1. The van der Waals surface area contributed by atoms with Crippen molar-refractivity contribution in [2.75, 3.05) is 25.1 Å². The van der Waals surface area contributed by atoms with E-state index >= 15 is 0 Å². The van der Waals surface area contributed by atoms with Gasteiger partial charge in [-0.15, -0.1) is 5.10 Å². The lowest BCUT2D eigenvalue weighted by molar-refractivity contribution is 0.363. The molecule has 3 aromatic rings. The molecule has 3 heterocycles. The Morgan fingerprint density at radius 1 is 1.32 bits per heavy atom. The number of aromatic nitrogens is 3. The van der Waals surface area contributed by atoms with Crippen molar-refractivity contribution in [3.05, 3.63) is 30.2 Å². The van der Waals surface area contributed by atoms with Crippen molar-refractivity contribution < 1.29 is 9.13 Å².